The van der Waals surface area contributed by atoms with E-state index in [1.165, 1.54) is 18.5 Å². The van der Waals surface area contributed by atoms with E-state index in [1.54, 1.807) is 12.1 Å². The van der Waals surface area contributed by atoms with E-state index in [2.05, 4.69) is 9.97 Å². The minimum atomic E-state index is -0.507. The highest BCUT2D eigenvalue weighted by atomic mass is 35.5. The van der Waals surface area contributed by atoms with Crippen molar-refractivity contribution in [2.24, 2.45) is 0 Å². The molecule has 1 amide bonds. The van der Waals surface area contributed by atoms with Crippen LogP contribution in [0.25, 0.3) is 22.3 Å². The summed E-state index contributed by atoms with van der Waals surface area (Å²) in [6, 6.07) is 4.34. The first-order chi connectivity index (χ1) is 15.3. The van der Waals surface area contributed by atoms with Crippen LogP contribution in [0.1, 0.15) is 18.9 Å². The molecule has 1 fully saturated rings. The molecule has 10 heteroatoms. The topological polar surface area (TPSA) is 93.2 Å². The number of nitrogens with zero attached hydrogens (tertiary/aromatic N) is 6. The van der Waals surface area contributed by atoms with Crippen molar-refractivity contribution in [3.63, 3.8) is 0 Å². The number of likely N-dealkylation sites (tertiary alicyclic amines) is 1. The summed E-state index contributed by atoms with van der Waals surface area (Å²) < 4.78 is 15.5. The molecule has 168 valence electrons. The molecule has 1 saturated heterocycles. The summed E-state index contributed by atoms with van der Waals surface area (Å²) >= 11 is 6.00. The molecular formula is C22H25ClFN7O. The summed E-state index contributed by atoms with van der Waals surface area (Å²) in [5.41, 5.74) is 7.91. The van der Waals surface area contributed by atoms with Crippen LogP contribution >= 0.6 is 11.6 Å². The number of carbonyl (C=O) groups is 1. The molecule has 0 saturated carbocycles. The number of nitrogens with two attached hydrogens (primary N) is 1. The summed E-state index contributed by atoms with van der Waals surface area (Å²) in [5.74, 6) is -0.244. The van der Waals surface area contributed by atoms with Crippen LogP contribution in [0.5, 0.6) is 0 Å². The summed E-state index contributed by atoms with van der Waals surface area (Å²) in [6.07, 6.45) is 6.56. The zero-order valence-electron chi connectivity index (χ0n) is 18.0. The smallest absolute Gasteiger partial charge is 0.246 e. The zero-order valence-corrected chi connectivity index (χ0v) is 18.8. The maximum absolute atomic E-state index is 13.7. The minimum Gasteiger partial charge on any atom is -0.383 e. The number of hydrogen-bond donors (Lipinski definition) is 1. The maximum Gasteiger partial charge on any atom is 0.246 e. The lowest BCUT2D eigenvalue weighted by atomic mass is 10.1. The van der Waals surface area contributed by atoms with Crippen LogP contribution < -0.4 is 5.73 Å². The van der Waals surface area contributed by atoms with Crippen LogP contribution in [0.3, 0.4) is 0 Å². The molecule has 2 N–H and O–H groups in total. The van der Waals surface area contributed by atoms with Crippen LogP contribution in [-0.4, -0.2) is 69.2 Å². The lowest BCUT2D eigenvalue weighted by Crippen LogP contribution is -2.40. The largest absolute Gasteiger partial charge is 0.383 e. The lowest BCUT2D eigenvalue weighted by Gasteiger charge is -2.32. The van der Waals surface area contributed by atoms with E-state index in [9.17, 15) is 9.18 Å². The Kier molecular flexibility index (Phi) is 6.38. The molecule has 0 aliphatic carbocycles. The van der Waals surface area contributed by atoms with E-state index in [1.807, 2.05) is 34.7 Å². The van der Waals surface area contributed by atoms with Crippen LogP contribution in [0, 0.1) is 5.82 Å². The summed E-state index contributed by atoms with van der Waals surface area (Å²) in [6.45, 7) is 1.90. The first kappa shape index (κ1) is 22.2. The second-order valence-corrected chi connectivity index (χ2v) is 8.53. The second kappa shape index (κ2) is 9.22. The quantitative estimate of drug-likeness (QED) is 0.591. The number of hydrogen-bond acceptors (Lipinski definition) is 6. The lowest BCUT2D eigenvalue weighted by molar-refractivity contribution is -0.127. The molecular weight excluding hydrogens is 433 g/mol. The van der Waals surface area contributed by atoms with Gasteiger partial charge in [0.15, 0.2) is 5.65 Å². The molecule has 32 heavy (non-hydrogen) atoms. The molecule has 1 aliphatic rings. The van der Waals surface area contributed by atoms with Gasteiger partial charge in [0.25, 0.3) is 0 Å². The molecule has 8 nitrogen and oxygen atoms in total. The Morgan fingerprint density at radius 2 is 2.19 bits per heavy atom. The maximum atomic E-state index is 13.7. The van der Waals surface area contributed by atoms with Crippen molar-refractivity contribution in [1.29, 1.82) is 0 Å². The molecule has 1 aliphatic heterocycles. The van der Waals surface area contributed by atoms with Gasteiger partial charge in [0.2, 0.25) is 5.91 Å². The van der Waals surface area contributed by atoms with E-state index in [0.717, 1.165) is 12.8 Å². The fourth-order valence-electron chi connectivity index (χ4n) is 3.92. The molecule has 0 radical (unpaired) electrons. The molecule has 0 spiro atoms. The van der Waals surface area contributed by atoms with Crippen LogP contribution in [0.2, 0.25) is 5.02 Å². The van der Waals surface area contributed by atoms with Crippen molar-refractivity contribution >= 4 is 34.4 Å². The van der Waals surface area contributed by atoms with Crippen molar-refractivity contribution in [3.05, 3.63) is 47.5 Å². The number of halogens is 2. The van der Waals surface area contributed by atoms with Gasteiger partial charge in [0.1, 0.15) is 23.7 Å². The predicted molar refractivity (Wildman–Crippen MR) is 123 cm³/mol. The van der Waals surface area contributed by atoms with Crippen LogP contribution in [0.4, 0.5) is 10.2 Å². The van der Waals surface area contributed by atoms with E-state index < -0.39 is 5.82 Å². The van der Waals surface area contributed by atoms with Crippen LogP contribution in [0.15, 0.2) is 36.7 Å². The average Bonchev–Trinajstić information content (AvgIpc) is 3.16. The Morgan fingerprint density at radius 1 is 1.38 bits per heavy atom. The van der Waals surface area contributed by atoms with Gasteiger partial charge in [-0.2, -0.15) is 5.10 Å². The fraction of sp³-hybridized carbons (Fsp3) is 0.364. The highest BCUT2D eigenvalue weighted by molar-refractivity contribution is 6.31. The molecule has 3 heterocycles. The number of piperidine rings is 1. The van der Waals surface area contributed by atoms with Crippen molar-refractivity contribution in [2.45, 2.75) is 18.9 Å². The SMILES string of the molecule is CN(C)CC=CC(=O)N1CCCC(n2nc(-c3ccc(F)c(Cl)c3)c3c(N)ncnc32)C1. The number of carbonyl (C=O) groups excluding carboxylic acids is 1. The van der Waals surface area contributed by atoms with Crippen molar-refractivity contribution in [1.82, 2.24) is 29.5 Å². The Balaban J connectivity index is 1.68. The van der Waals surface area contributed by atoms with Gasteiger partial charge in [-0.25, -0.2) is 19.0 Å². The molecule has 2 aromatic heterocycles. The standard InChI is InChI=1S/C22H25ClFN7O/c1-29(2)9-4-6-18(32)30-10-3-5-15(12-30)31-22-19(21(25)26-13-27-22)20(28-31)14-7-8-17(24)16(23)11-14/h4,6-8,11,13,15H,3,5,9-10,12H2,1-2H3,(H2,25,26,27). The Bertz CT molecular complexity index is 1180. The highest BCUT2D eigenvalue weighted by Crippen LogP contribution is 2.35. The monoisotopic (exact) mass is 457 g/mol. The predicted octanol–water partition coefficient (Wildman–Crippen LogP) is 3.15. The van der Waals surface area contributed by atoms with Gasteiger partial charge in [0.05, 0.1) is 16.5 Å². The second-order valence-electron chi connectivity index (χ2n) is 8.12. The van der Waals surface area contributed by atoms with E-state index in [0.29, 0.717) is 41.9 Å². The van der Waals surface area contributed by atoms with Gasteiger partial charge in [-0.15, -0.1) is 0 Å². The molecule has 0 bridgehead atoms. The first-order valence-corrected chi connectivity index (χ1v) is 10.8. The first-order valence-electron chi connectivity index (χ1n) is 10.4. The number of anilines is 1. The normalized spacial score (nSPS) is 17.0. The van der Waals surface area contributed by atoms with Crippen molar-refractivity contribution < 1.29 is 9.18 Å². The molecule has 3 aromatic rings. The Hall–Kier alpha value is -3.04. The van der Waals surface area contributed by atoms with Gasteiger partial charge in [0, 0.05) is 31.3 Å². The van der Waals surface area contributed by atoms with E-state index >= 15 is 0 Å². The molecule has 1 atom stereocenters. The van der Waals surface area contributed by atoms with Gasteiger partial charge >= 0.3 is 0 Å². The Morgan fingerprint density at radius 3 is 2.94 bits per heavy atom. The fourth-order valence-corrected chi connectivity index (χ4v) is 4.10. The van der Waals surface area contributed by atoms with E-state index in [-0.39, 0.29) is 22.8 Å². The van der Waals surface area contributed by atoms with Gasteiger partial charge in [-0.1, -0.05) is 17.7 Å². The minimum absolute atomic E-state index is 0.000398. The summed E-state index contributed by atoms with van der Waals surface area (Å²) in [5, 5.41) is 5.37. The number of aromatic nitrogens is 4. The van der Waals surface area contributed by atoms with Gasteiger partial charge in [-0.3, -0.25) is 4.79 Å². The number of fused-ring (bicyclic) bond motifs is 1. The highest BCUT2D eigenvalue weighted by Gasteiger charge is 2.28. The Labute approximate surface area is 190 Å². The van der Waals surface area contributed by atoms with E-state index in [4.69, 9.17) is 22.4 Å². The summed E-state index contributed by atoms with van der Waals surface area (Å²) in [7, 11) is 3.90. The number of benzene rings is 1. The number of nitrogen functional groups attached to an aromatic ring is 1. The molecule has 1 unspecified atom stereocenters. The third-order valence-electron chi connectivity index (χ3n) is 5.50. The van der Waals surface area contributed by atoms with Crippen molar-refractivity contribution in [2.75, 3.05) is 39.5 Å². The molecule has 1 aromatic carbocycles. The molecule has 4 rings (SSSR count). The number of rotatable bonds is 5. The third kappa shape index (κ3) is 4.44. The van der Waals surface area contributed by atoms with Gasteiger partial charge < -0.3 is 15.5 Å². The van der Waals surface area contributed by atoms with Crippen molar-refractivity contribution in [3.8, 4) is 11.3 Å². The number of likely N-dealkylation sites (N-methyl/N-ethyl adjacent to an activating group) is 1. The van der Waals surface area contributed by atoms with Crippen LogP contribution in [-0.2, 0) is 4.79 Å². The summed E-state index contributed by atoms with van der Waals surface area (Å²) in [4.78, 5) is 25.0. The zero-order chi connectivity index (χ0) is 22.8. The number of amides is 1. The van der Waals surface area contributed by atoms with Gasteiger partial charge in [-0.05, 0) is 45.1 Å². The average molecular weight is 458 g/mol. The third-order valence-corrected chi connectivity index (χ3v) is 5.79.